The Hall–Kier alpha value is -1.46. The van der Waals surface area contributed by atoms with E-state index in [2.05, 4.69) is 17.6 Å². The Kier molecular flexibility index (Phi) is 6.07. The summed E-state index contributed by atoms with van der Waals surface area (Å²) in [6, 6.07) is 6.89. The Labute approximate surface area is 149 Å². The summed E-state index contributed by atoms with van der Waals surface area (Å²) < 4.78 is 18.8. The molecule has 2 aliphatic rings. The lowest BCUT2D eigenvalue weighted by Gasteiger charge is -2.39. The van der Waals surface area contributed by atoms with Crippen LogP contribution in [0, 0.1) is 11.7 Å². The predicted octanol–water partition coefficient (Wildman–Crippen LogP) is 3.12. The van der Waals surface area contributed by atoms with E-state index in [0.29, 0.717) is 25.2 Å². The van der Waals surface area contributed by atoms with Gasteiger partial charge in [-0.3, -0.25) is 10.1 Å². The molecular weight excluding hydrogens is 319 g/mol. The number of halogens is 1. The molecule has 3 rings (SSSR count). The third kappa shape index (κ3) is 4.59. The second-order valence-corrected chi connectivity index (χ2v) is 7.49. The van der Waals surface area contributed by atoms with Crippen molar-refractivity contribution in [3.05, 3.63) is 35.6 Å². The van der Waals surface area contributed by atoms with Crippen LogP contribution in [0.1, 0.15) is 51.0 Å². The van der Waals surface area contributed by atoms with Crippen molar-refractivity contribution >= 4 is 5.91 Å². The maximum absolute atomic E-state index is 13.3. The van der Waals surface area contributed by atoms with Crippen LogP contribution in [0.15, 0.2) is 24.3 Å². The Morgan fingerprint density at radius 1 is 1.20 bits per heavy atom. The lowest BCUT2D eigenvalue weighted by molar-refractivity contribution is -0.122. The molecule has 0 unspecified atom stereocenters. The van der Waals surface area contributed by atoms with Crippen molar-refractivity contribution in [3.63, 3.8) is 0 Å². The molecule has 2 atom stereocenters. The van der Waals surface area contributed by atoms with Gasteiger partial charge >= 0.3 is 0 Å². The van der Waals surface area contributed by atoms with Crippen molar-refractivity contribution in [3.8, 4) is 0 Å². The highest BCUT2D eigenvalue weighted by atomic mass is 19.1. The van der Waals surface area contributed by atoms with Crippen LogP contribution in [0.3, 0.4) is 0 Å². The molecule has 4 nitrogen and oxygen atoms in total. The van der Waals surface area contributed by atoms with Crippen LogP contribution in [0.2, 0.25) is 0 Å². The largest absolute Gasteiger partial charge is 0.381 e. The molecule has 138 valence electrons. The molecule has 5 heteroatoms. The van der Waals surface area contributed by atoms with Gasteiger partial charge in [0.15, 0.2) is 0 Å². The van der Waals surface area contributed by atoms with Gasteiger partial charge in [-0.2, -0.15) is 0 Å². The molecule has 1 aromatic carbocycles. The third-order valence-electron chi connectivity index (χ3n) is 5.79. The molecule has 2 fully saturated rings. The first-order chi connectivity index (χ1) is 12.1. The van der Waals surface area contributed by atoms with E-state index >= 15 is 0 Å². The van der Waals surface area contributed by atoms with E-state index < -0.39 is 0 Å². The molecule has 25 heavy (non-hydrogen) atoms. The Morgan fingerprint density at radius 3 is 2.56 bits per heavy atom. The fourth-order valence-electron chi connectivity index (χ4n) is 4.09. The summed E-state index contributed by atoms with van der Waals surface area (Å²) in [4.78, 5) is 12.5. The van der Waals surface area contributed by atoms with Crippen LogP contribution in [0.4, 0.5) is 4.39 Å². The highest BCUT2D eigenvalue weighted by Crippen LogP contribution is 2.32. The molecule has 1 saturated heterocycles. The summed E-state index contributed by atoms with van der Waals surface area (Å²) in [6.45, 7) is 3.79. The molecular formula is C20H29FN2O2. The molecule has 1 saturated carbocycles. The van der Waals surface area contributed by atoms with Crippen LogP contribution in [0.5, 0.6) is 0 Å². The van der Waals surface area contributed by atoms with E-state index in [4.69, 9.17) is 4.74 Å². The minimum absolute atomic E-state index is 0.0479. The van der Waals surface area contributed by atoms with E-state index in [1.807, 2.05) is 12.1 Å². The van der Waals surface area contributed by atoms with Crippen LogP contribution >= 0.6 is 0 Å². The smallest absolute Gasteiger partial charge is 0.234 e. The van der Waals surface area contributed by atoms with Crippen LogP contribution < -0.4 is 10.6 Å². The summed E-state index contributed by atoms with van der Waals surface area (Å²) >= 11 is 0. The summed E-state index contributed by atoms with van der Waals surface area (Å²) in [6.07, 6.45) is 6.29. The average molecular weight is 348 g/mol. The van der Waals surface area contributed by atoms with E-state index in [9.17, 15) is 9.18 Å². The van der Waals surface area contributed by atoms with E-state index in [0.717, 1.165) is 24.8 Å². The van der Waals surface area contributed by atoms with Gasteiger partial charge in [0.2, 0.25) is 5.91 Å². The fourth-order valence-corrected chi connectivity index (χ4v) is 4.09. The van der Waals surface area contributed by atoms with Crippen molar-refractivity contribution in [2.45, 2.75) is 57.0 Å². The third-order valence-corrected chi connectivity index (χ3v) is 5.79. The summed E-state index contributed by atoms with van der Waals surface area (Å²) in [5, 5.41) is 6.65. The van der Waals surface area contributed by atoms with Gasteiger partial charge in [-0.25, -0.2) is 4.39 Å². The number of hydrogen-bond acceptors (Lipinski definition) is 3. The second kappa shape index (κ2) is 8.28. The Bertz CT molecular complexity index is 570. The first kappa shape index (κ1) is 18.3. The minimum Gasteiger partial charge on any atom is -0.381 e. The number of rotatable bonds is 5. The summed E-state index contributed by atoms with van der Waals surface area (Å²) in [7, 11) is 0. The van der Waals surface area contributed by atoms with Gasteiger partial charge in [0.25, 0.3) is 0 Å². The SMILES string of the molecule is C[C@H]1CCCC[C@H]1NC(=O)CNC1(c2ccc(F)cc2)CCOCC1. The first-order valence-electron chi connectivity index (χ1n) is 9.47. The topological polar surface area (TPSA) is 50.4 Å². The van der Waals surface area contributed by atoms with Gasteiger partial charge in [-0.1, -0.05) is 31.9 Å². The molecule has 1 heterocycles. The highest BCUT2D eigenvalue weighted by Gasteiger charge is 2.34. The molecule has 1 aliphatic heterocycles. The molecule has 0 aromatic heterocycles. The molecule has 1 aliphatic carbocycles. The lowest BCUT2D eigenvalue weighted by atomic mass is 9.82. The summed E-state index contributed by atoms with van der Waals surface area (Å²) in [5.41, 5.74) is 0.706. The van der Waals surface area contributed by atoms with Crippen molar-refractivity contribution in [1.29, 1.82) is 0 Å². The van der Waals surface area contributed by atoms with Gasteiger partial charge in [0.05, 0.1) is 6.54 Å². The quantitative estimate of drug-likeness (QED) is 0.860. The van der Waals surface area contributed by atoms with Crippen molar-refractivity contribution in [2.24, 2.45) is 5.92 Å². The van der Waals surface area contributed by atoms with Gasteiger partial charge in [0.1, 0.15) is 5.82 Å². The number of carbonyl (C=O) groups is 1. The zero-order valence-corrected chi connectivity index (χ0v) is 15.0. The Balaban J connectivity index is 1.62. The number of benzene rings is 1. The molecule has 1 amide bonds. The summed E-state index contributed by atoms with van der Waals surface area (Å²) in [5.74, 6) is 0.355. The zero-order chi connectivity index (χ0) is 17.7. The maximum Gasteiger partial charge on any atom is 0.234 e. The van der Waals surface area contributed by atoms with E-state index in [-0.39, 0.29) is 23.8 Å². The zero-order valence-electron chi connectivity index (χ0n) is 15.0. The number of nitrogens with one attached hydrogen (secondary N) is 2. The maximum atomic E-state index is 13.3. The van der Waals surface area contributed by atoms with Crippen LogP contribution in [-0.2, 0) is 15.1 Å². The van der Waals surface area contributed by atoms with Crippen molar-refractivity contribution in [1.82, 2.24) is 10.6 Å². The standard InChI is InChI=1S/C20H29FN2O2/c1-15-4-2-3-5-18(15)23-19(24)14-22-20(10-12-25-13-11-20)16-6-8-17(21)9-7-16/h6-9,15,18,22H,2-5,10-14H2,1H3,(H,23,24)/t15-,18+/m0/s1. The molecule has 1 aromatic rings. The van der Waals surface area contributed by atoms with Crippen LogP contribution in [-0.4, -0.2) is 31.7 Å². The Morgan fingerprint density at radius 2 is 1.88 bits per heavy atom. The molecule has 2 N–H and O–H groups in total. The van der Waals surface area contributed by atoms with E-state index in [1.54, 1.807) is 0 Å². The second-order valence-electron chi connectivity index (χ2n) is 7.49. The van der Waals surface area contributed by atoms with Gasteiger partial charge in [-0.15, -0.1) is 0 Å². The normalized spacial score (nSPS) is 26.2. The lowest BCUT2D eigenvalue weighted by Crippen LogP contribution is -2.52. The molecule has 0 radical (unpaired) electrons. The highest BCUT2D eigenvalue weighted by molar-refractivity contribution is 5.78. The van der Waals surface area contributed by atoms with Gasteiger partial charge in [0, 0.05) is 24.8 Å². The van der Waals surface area contributed by atoms with E-state index in [1.165, 1.54) is 31.4 Å². The van der Waals surface area contributed by atoms with Crippen LogP contribution in [0.25, 0.3) is 0 Å². The van der Waals surface area contributed by atoms with Gasteiger partial charge in [-0.05, 0) is 49.3 Å². The average Bonchev–Trinajstić information content (AvgIpc) is 2.63. The first-order valence-corrected chi connectivity index (χ1v) is 9.47. The minimum atomic E-state index is -0.318. The molecule has 0 spiro atoms. The number of carbonyl (C=O) groups excluding carboxylic acids is 1. The van der Waals surface area contributed by atoms with Gasteiger partial charge < -0.3 is 10.1 Å². The predicted molar refractivity (Wildman–Crippen MR) is 95.7 cm³/mol. The number of amides is 1. The number of hydrogen-bond donors (Lipinski definition) is 2. The fraction of sp³-hybridized carbons (Fsp3) is 0.650. The van der Waals surface area contributed by atoms with Crippen molar-refractivity contribution < 1.29 is 13.9 Å². The monoisotopic (exact) mass is 348 g/mol. The van der Waals surface area contributed by atoms with Crippen molar-refractivity contribution in [2.75, 3.05) is 19.8 Å². The number of ether oxygens (including phenoxy) is 1. The molecule has 0 bridgehead atoms.